The molecule has 5 N–H and O–H groups in total. The SMILES string of the molecule is NC(COc1cccc(NC(=O)c2cn[nH]c2)c1)=NO. The minimum absolute atomic E-state index is 0.0437. The zero-order chi connectivity index (χ0) is 14.4. The van der Waals surface area contributed by atoms with E-state index in [4.69, 9.17) is 15.7 Å². The van der Waals surface area contributed by atoms with Gasteiger partial charge in [0.2, 0.25) is 0 Å². The van der Waals surface area contributed by atoms with Crippen molar-refractivity contribution in [3.8, 4) is 5.75 Å². The van der Waals surface area contributed by atoms with Crippen molar-refractivity contribution in [1.82, 2.24) is 10.2 Å². The van der Waals surface area contributed by atoms with E-state index in [2.05, 4.69) is 20.7 Å². The van der Waals surface area contributed by atoms with Crippen molar-refractivity contribution in [2.45, 2.75) is 0 Å². The smallest absolute Gasteiger partial charge is 0.258 e. The van der Waals surface area contributed by atoms with Crippen molar-refractivity contribution in [1.29, 1.82) is 0 Å². The molecule has 104 valence electrons. The molecule has 2 aromatic rings. The van der Waals surface area contributed by atoms with E-state index in [1.807, 2.05) is 0 Å². The first kappa shape index (κ1) is 13.4. The third-order valence-electron chi connectivity index (χ3n) is 2.37. The van der Waals surface area contributed by atoms with Gasteiger partial charge in [0.05, 0.1) is 11.8 Å². The van der Waals surface area contributed by atoms with E-state index in [9.17, 15) is 4.79 Å². The number of anilines is 1. The highest BCUT2D eigenvalue weighted by atomic mass is 16.5. The number of amidine groups is 1. The Morgan fingerprint density at radius 3 is 3.10 bits per heavy atom. The van der Waals surface area contributed by atoms with Crippen molar-refractivity contribution < 1.29 is 14.7 Å². The summed E-state index contributed by atoms with van der Waals surface area (Å²) in [5.41, 5.74) is 6.29. The maximum atomic E-state index is 11.8. The standard InChI is InChI=1S/C12H13N5O3/c13-11(17-19)7-20-10-3-1-2-9(4-10)16-12(18)8-5-14-15-6-8/h1-6,19H,7H2,(H2,13,17)(H,14,15)(H,16,18). The molecule has 0 fully saturated rings. The van der Waals surface area contributed by atoms with Crippen LogP contribution in [-0.4, -0.2) is 33.8 Å². The molecule has 0 aliphatic heterocycles. The van der Waals surface area contributed by atoms with Crippen molar-refractivity contribution >= 4 is 17.4 Å². The Hall–Kier alpha value is -3.03. The zero-order valence-corrected chi connectivity index (χ0v) is 10.4. The molecule has 0 bridgehead atoms. The first-order chi connectivity index (χ1) is 9.69. The molecule has 20 heavy (non-hydrogen) atoms. The number of hydrogen-bond acceptors (Lipinski definition) is 5. The monoisotopic (exact) mass is 275 g/mol. The zero-order valence-electron chi connectivity index (χ0n) is 10.4. The van der Waals surface area contributed by atoms with Crippen molar-refractivity contribution in [2.24, 2.45) is 10.9 Å². The minimum atomic E-state index is -0.285. The number of amides is 1. The number of carbonyl (C=O) groups is 1. The number of hydrogen-bond donors (Lipinski definition) is 4. The van der Waals surface area contributed by atoms with Gasteiger partial charge >= 0.3 is 0 Å². The number of oxime groups is 1. The molecular weight excluding hydrogens is 262 g/mol. The Morgan fingerprint density at radius 2 is 2.40 bits per heavy atom. The van der Waals surface area contributed by atoms with E-state index < -0.39 is 0 Å². The number of carbonyl (C=O) groups excluding carboxylic acids is 1. The van der Waals surface area contributed by atoms with E-state index in [-0.39, 0.29) is 18.3 Å². The molecule has 0 atom stereocenters. The highest BCUT2D eigenvalue weighted by molar-refractivity contribution is 6.03. The second-order valence-electron chi connectivity index (χ2n) is 3.85. The molecule has 0 aliphatic rings. The molecule has 1 amide bonds. The van der Waals surface area contributed by atoms with Crippen LogP contribution in [0.3, 0.4) is 0 Å². The molecule has 0 spiro atoms. The van der Waals surface area contributed by atoms with E-state index in [0.29, 0.717) is 17.0 Å². The highest BCUT2D eigenvalue weighted by Crippen LogP contribution is 2.17. The molecule has 0 aliphatic carbocycles. The summed E-state index contributed by atoms with van der Waals surface area (Å²) in [6, 6.07) is 6.75. The number of nitrogens with two attached hydrogens (primary N) is 1. The molecule has 8 heteroatoms. The van der Waals surface area contributed by atoms with Gasteiger partial charge in [-0.15, -0.1) is 0 Å². The van der Waals surface area contributed by atoms with Gasteiger partial charge in [0.15, 0.2) is 5.84 Å². The maximum absolute atomic E-state index is 11.8. The van der Waals surface area contributed by atoms with E-state index in [0.717, 1.165) is 0 Å². The first-order valence-corrected chi connectivity index (χ1v) is 5.68. The average Bonchev–Trinajstić information content (AvgIpc) is 2.99. The van der Waals surface area contributed by atoms with Gasteiger partial charge in [0.25, 0.3) is 5.91 Å². The molecule has 0 radical (unpaired) electrons. The Morgan fingerprint density at radius 1 is 1.55 bits per heavy atom. The highest BCUT2D eigenvalue weighted by Gasteiger charge is 2.07. The van der Waals surface area contributed by atoms with Crippen LogP contribution >= 0.6 is 0 Å². The van der Waals surface area contributed by atoms with Gasteiger partial charge in [-0.3, -0.25) is 9.89 Å². The van der Waals surface area contributed by atoms with Gasteiger partial charge in [0.1, 0.15) is 12.4 Å². The predicted molar refractivity (Wildman–Crippen MR) is 71.9 cm³/mol. The Bertz CT molecular complexity index is 609. The van der Waals surface area contributed by atoms with Crippen LogP contribution in [0.25, 0.3) is 0 Å². The van der Waals surface area contributed by atoms with Crippen molar-refractivity contribution in [3.05, 3.63) is 42.2 Å². The average molecular weight is 275 g/mol. The second kappa shape index (κ2) is 6.23. The lowest BCUT2D eigenvalue weighted by molar-refractivity contribution is 0.102. The number of aromatic amines is 1. The number of rotatable bonds is 5. The Balaban J connectivity index is 2.01. The first-order valence-electron chi connectivity index (χ1n) is 5.68. The van der Waals surface area contributed by atoms with Crippen LogP contribution in [-0.2, 0) is 0 Å². The molecule has 1 heterocycles. The summed E-state index contributed by atoms with van der Waals surface area (Å²) >= 11 is 0. The van der Waals surface area contributed by atoms with Crippen LogP contribution in [0.4, 0.5) is 5.69 Å². The molecule has 0 unspecified atom stereocenters. The van der Waals surface area contributed by atoms with Gasteiger partial charge in [-0.1, -0.05) is 11.2 Å². The second-order valence-corrected chi connectivity index (χ2v) is 3.85. The molecule has 0 saturated carbocycles. The van der Waals surface area contributed by atoms with Crippen LogP contribution in [0.2, 0.25) is 0 Å². The van der Waals surface area contributed by atoms with Gasteiger partial charge < -0.3 is 21.0 Å². The fraction of sp³-hybridized carbons (Fsp3) is 0.0833. The molecular formula is C12H13N5O3. The minimum Gasteiger partial charge on any atom is -0.485 e. The third kappa shape index (κ3) is 3.48. The third-order valence-corrected chi connectivity index (χ3v) is 2.37. The number of nitrogens with one attached hydrogen (secondary N) is 2. The largest absolute Gasteiger partial charge is 0.485 e. The lowest BCUT2D eigenvalue weighted by atomic mass is 10.2. The van der Waals surface area contributed by atoms with E-state index in [1.165, 1.54) is 12.4 Å². The summed E-state index contributed by atoms with van der Waals surface area (Å²) in [5, 5.41) is 20.2. The summed E-state index contributed by atoms with van der Waals surface area (Å²) < 4.78 is 5.29. The topological polar surface area (TPSA) is 126 Å². The summed E-state index contributed by atoms with van der Waals surface area (Å²) in [6.07, 6.45) is 2.92. The Kier molecular flexibility index (Phi) is 4.17. The molecule has 1 aromatic carbocycles. The lowest BCUT2D eigenvalue weighted by Gasteiger charge is -2.08. The van der Waals surface area contributed by atoms with Crippen molar-refractivity contribution in [2.75, 3.05) is 11.9 Å². The lowest BCUT2D eigenvalue weighted by Crippen LogP contribution is -2.20. The number of ether oxygens (including phenoxy) is 1. The van der Waals surface area contributed by atoms with Crippen molar-refractivity contribution in [3.63, 3.8) is 0 Å². The summed E-state index contributed by atoms with van der Waals surface area (Å²) in [5.74, 6) is 0.159. The fourth-order valence-electron chi connectivity index (χ4n) is 1.43. The summed E-state index contributed by atoms with van der Waals surface area (Å²) in [4.78, 5) is 11.8. The predicted octanol–water partition coefficient (Wildman–Crippen LogP) is 0.787. The van der Waals surface area contributed by atoms with Gasteiger partial charge in [0, 0.05) is 18.0 Å². The van der Waals surface area contributed by atoms with Crippen LogP contribution in [0.1, 0.15) is 10.4 Å². The number of nitrogens with zero attached hydrogens (tertiary/aromatic N) is 2. The fourth-order valence-corrected chi connectivity index (χ4v) is 1.43. The normalized spacial score (nSPS) is 11.1. The molecule has 8 nitrogen and oxygen atoms in total. The van der Waals surface area contributed by atoms with Crippen LogP contribution < -0.4 is 15.8 Å². The van der Waals surface area contributed by atoms with Gasteiger partial charge in [-0.05, 0) is 12.1 Å². The molecule has 2 rings (SSSR count). The van der Waals surface area contributed by atoms with Crippen LogP contribution in [0.15, 0.2) is 41.8 Å². The quantitative estimate of drug-likeness (QED) is 0.278. The summed E-state index contributed by atoms with van der Waals surface area (Å²) in [7, 11) is 0. The number of H-pyrrole nitrogens is 1. The maximum Gasteiger partial charge on any atom is 0.258 e. The summed E-state index contributed by atoms with van der Waals surface area (Å²) in [6.45, 7) is -0.0460. The number of aromatic nitrogens is 2. The van der Waals surface area contributed by atoms with Gasteiger partial charge in [-0.25, -0.2) is 0 Å². The number of benzene rings is 1. The van der Waals surface area contributed by atoms with Crippen LogP contribution in [0.5, 0.6) is 5.75 Å². The molecule has 1 aromatic heterocycles. The van der Waals surface area contributed by atoms with Crippen LogP contribution in [0, 0.1) is 0 Å². The van der Waals surface area contributed by atoms with E-state index in [1.54, 1.807) is 24.3 Å². The Labute approximate surface area is 114 Å². The van der Waals surface area contributed by atoms with E-state index >= 15 is 0 Å². The molecule has 0 saturated heterocycles. The van der Waals surface area contributed by atoms with Gasteiger partial charge in [-0.2, -0.15) is 5.10 Å².